The molecular formula is C13H15BrN2OS. The van der Waals surface area contributed by atoms with Crippen LogP contribution in [0.2, 0.25) is 0 Å². The Kier molecular flexibility index (Phi) is 4.50. The molecule has 0 bridgehead atoms. The van der Waals surface area contributed by atoms with Gasteiger partial charge < -0.3 is 10.8 Å². The zero-order chi connectivity index (χ0) is 13.1. The van der Waals surface area contributed by atoms with Crippen LogP contribution in [0.1, 0.15) is 28.0 Å². The molecule has 18 heavy (non-hydrogen) atoms. The fraction of sp³-hybridized carbons (Fsp3) is 0.308. The maximum atomic E-state index is 10.5. The molecule has 0 aromatic carbocycles. The molecule has 0 aliphatic carbocycles. The molecule has 2 aromatic rings. The number of hydrogen-bond acceptors (Lipinski definition) is 4. The summed E-state index contributed by atoms with van der Waals surface area (Å²) in [4.78, 5) is 4.92. The molecule has 0 spiro atoms. The van der Waals surface area contributed by atoms with Gasteiger partial charge in [0.05, 0.1) is 9.89 Å². The molecule has 2 unspecified atom stereocenters. The molecule has 5 heteroatoms. The van der Waals surface area contributed by atoms with E-state index in [1.807, 2.05) is 25.1 Å². The number of nitrogens with two attached hydrogens (primary N) is 1. The lowest BCUT2D eigenvalue weighted by Gasteiger charge is -2.20. The molecule has 0 amide bonds. The van der Waals surface area contributed by atoms with Crippen molar-refractivity contribution in [1.82, 2.24) is 4.98 Å². The van der Waals surface area contributed by atoms with Gasteiger partial charge in [-0.25, -0.2) is 0 Å². The quantitative estimate of drug-likeness (QED) is 0.908. The lowest BCUT2D eigenvalue weighted by atomic mass is 9.93. The van der Waals surface area contributed by atoms with E-state index in [0.717, 1.165) is 19.8 Å². The van der Waals surface area contributed by atoms with Crippen LogP contribution in [-0.4, -0.2) is 16.6 Å². The Morgan fingerprint density at radius 3 is 2.61 bits per heavy atom. The van der Waals surface area contributed by atoms with Crippen molar-refractivity contribution >= 4 is 27.3 Å². The van der Waals surface area contributed by atoms with Gasteiger partial charge in [-0.2, -0.15) is 0 Å². The standard InChI is InChI=1S/C13H15BrN2OS/c1-8-6-11(18-13(8)14)12(17)10(7-15)9-2-4-16-5-3-9/h2-6,10,12,17H,7,15H2,1H3. The predicted octanol–water partition coefficient (Wildman–Crippen LogP) is 2.99. The van der Waals surface area contributed by atoms with Crippen LogP contribution in [0.3, 0.4) is 0 Å². The van der Waals surface area contributed by atoms with Gasteiger partial charge in [-0.05, 0) is 52.2 Å². The molecule has 2 heterocycles. The number of halogens is 1. The predicted molar refractivity (Wildman–Crippen MR) is 77.7 cm³/mol. The summed E-state index contributed by atoms with van der Waals surface area (Å²) in [5.74, 6) is -0.0991. The molecule has 2 atom stereocenters. The number of aliphatic hydroxyl groups excluding tert-OH is 1. The summed E-state index contributed by atoms with van der Waals surface area (Å²) in [5.41, 5.74) is 7.95. The molecule has 2 rings (SSSR count). The van der Waals surface area contributed by atoms with Crippen LogP contribution < -0.4 is 5.73 Å². The van der Waals surface area contributed by atoms with Crippen molar-refractivity contribution in [3.8, 4) is 0 Å². The van der Waals surface area contributed by atoms with Crippen LogP contribution >= 0.6 is 27.3 Å². The summed E-state index contributed by atoms with van der Waals surface area (Å²) in [7, 11) is 0. The summed E-state index contributed by atoms with van der Waals surface area (Å²) in [6.07, 6.45) is 2.87. The number of nitrogens with zero attached hydrogens (tertiary/aromatic N) is 1. The Morgan fingerprint density at radius 1 is 1.44 bits per heavy atom. The highest BCUT2D eigenvalue weighted by molar-refractivity contribution is 9.11. The lowest BCUT2D eigenvalue weighted by Crippen LogP contribution is -2.19. The molecule has 0 fully saturated rings. The highest BCUT2D eigenvalue weighted by Crippen LogP contribution is 2.37. The SMILES string of the molecule is Cc1cc(C(O)C(CN)c2ccncc2)sc1Br. The zero-order valence-corrected chi connectivity index (χ0v) is 12.4. The van der Waals surface area contributed by atoms with Gasteiger partial charge in [-0.15, -0.1) is 11.3 Å². The highest BCUT2D eigenvalue weighted by Gasteiger charge is 2.23. The minimum Gasteiger partial charge on any atom is -0.387 e. The van der Waals surface area contributed by atoms with Crippen LogP contribution in [0.4, 0.5) is 0 Å². The van der Waals surface area contributed by atoms with E-state index in [0.29, 0.717) is 6.54 Å². The van der Waals surface area contributed by atoms with Gasteiger partial charge in [0.15, 0.2) is 0 Å². The maximum absolute atomic E-state index is 10.5. The van der Waals surface area contributed by atoms with Crippen molar-refractivity contribution in [2.24, 2.45) is 5.73 Å². The third-order valence-corrected chi connectivity index (χ3v) is 5.14. The number of aryl methyl sites for hydroxylation is 1. The van der Waals surface area contributed by atoms with Crippen LogP contribution in [0.15, 0.2) is 34.4 Å². The average molecular weight is 327 g/mol. The van der Waals surface area contributed by atoms with Gasteiger partial charge in [-0.1, -0.05) is 0 Å². The van der Waals surface area contributed by atoms with Gasteiger partial charge in [0, 0.05) is 29.7 Å². The molecule has 3 N–H and O–H groups in total. The minimum atomic E-state index is -0.576. The number of aromatic nitrogens is 1. The largest absolute Gasteiger partial charge is 0.387 e. The fourth-order valence-electron chi connectivity index (χ4n) is 1.89. The topological polar surface area (TPSA) is 59.1 Å². The molecule has 2 aromatic heterocycles. The van der Waals surface area contributed by atoms with Crippen molar-refractivity contribution in [3.63, 3.8) is 0 Å². The first-order valence-electron chi connectivity index (χ1n) is 5.67. The zero-order valence-electron chi connectivity index (χ0n) is 10.0. The first-order valence-corrected chi connectivity index (χ1v) is 7.28. The second kappa shape index (κ2) is 5.93. The van der Waals surface area contributed by atoms with Gasteiger partial charge in [0.2, 0.25) is 0 Å². The molecule has 3 nitrogen and oxygen atoms in total. The minimum absolute atomic E-state index is 0.0991. The molecule has 96 valence electrons. The van der Waals surface area contributed by atoms with Gasteiger partial charge in [-0.3, -0.25) is 4.98 Å². The maximum Gasteiger partial charge on any atom is 0.0962 e. The Bertz CT molecular complexity index is 495. The van der Waals surface area contributed by atoms with E-state index in [4.69, 9.17) is 5.73 Å². The van der Waals surface area contributed by atoms with Gasteiger partial charge in [0.25, 0.3) is 0 Å². The molecule has 0 aliphatic rings. The Labute approximate surface area is 119 Å². The number of hydrogen-bond donors (Lipinski definition) is 2. The van der Waals surface area contributed by atoms with Crippen LogP contribution in [0.25, 0.3) is 0 Å². The van der Waals surface area contributed by atoms with Crippen molar-refractivity contribution in [2.75, 3.05) is 6.54 Å². The Balaban J connectivity index is 2.28. The average Bonchev–Trinajstić information content (AvgIpc) is 2.72. The van der Waals surface area contributed by atoms with Crippen molar-refractivity contribution < 1.29 is 5.11 Å². The summed E-state index contributed by atoms with van der Waals surface area (Å²) < 4.78 is 1.06. The fourth-order valence-corrected chi connectivity index (χ4v) is 3.51. The normalized spacial score (nSPS) is 14.4. The van der Waals surface area contributed by atoms with E-state index in [9.17, 15) is 5.11 Å². The van der Waals surface area contributed by atoms with E-state index in [1.54, 1.807) is 23.7 Å². The van der Waals surface area contributed by atoms with E-state index in [2.05, 4.69) is 20.9 Å². The monoisotopic (exact) mass is 326 g/mol. The molecular weight excluding hydrogens is 312 g/mol. The van der Waals surface area contributed by atoms with Crippen molar-refractivity contribution in [1.29, 1.82) is 0 Å². The number of rotatable bonds is 4. The van der Waals surface area contributed by atoms with E-state index < -0.39 is 6.10 Å². The first-order chi connectivity index (χ1) is 8.63. The van der Waals surface area contributed by atoms with Gasteiger partial charge in [0.1, 0.15) is 0 Å². The van der Waals surface area contributed by atoms with Crippen LogP contribution in [0, 0.1) is 6.92 Å². The van der Waals surface area contributed by atoms with Crippen molar-refractivity contribution in [3.05, 3.63) is 50.4 Å². The number of pyridine rings is 1. The third kappa shape index (κ3) is 2.80. The first kappa shape index (κ1) is 13.7. The van der Waals surface area contributed by atoms with Gasteiger partial charge >= 0.3 is 0 Å². The van der Waals surface area contributed by atoms with E-state index in [1.165, 1.54) is 0 Å². The van der Waals surface area contributed by atoms with E-state index >= 15 is 0 Å². The summed E-state index contributed by atoms with van der Waals surface area (Å²) in [6.45, 7) is 2.42. The van der Waals surface area contributed by atoms with Crippen LogP contribution in [-0.2, 0) is 0 Å². The summed E-state index contributed by atoms with van der Waals surface area (Å²) in [6, 6.07) is 5.80. The molecule has 0 aliphatic heterocycles. The molecule has 0 saturated heterocycles. The molecule has 0 saturated carbocycles. The highest BCUT2D eigenvalue weighted by atomic mass is 79.9. The molecule has 0 radical (unpaired) electrons. The smallest absolute Gasteiger partial charge is 0.0962 e. The number of thiophene rings is 1. The Morgan fingerprint density at radius 2 is 2.11 bits per heavy atom. The second-order valence-corrected chi connectivity index (χ2v) is 6.57. The summed E-state index contributed by atoms with van der Waals surface area (Å²) >= 11 is 5.03. The Hall–Kier alpha value is -0.750. The third-order valence-electron chi connectivity index (χ3n) is 2.94. The second-order valence-electron chi connectivity index (χ2n) is 4.17. The number of aliphatic hydroxyl groups is 1. The van der Waals surface area contributed by atoms with E-state index in [-0.39, 0.29) is 5.92 Å². The van der Waals surface area contributed by atoms with Crippen LogP contribution in [0.5, 0.6) is 0 Å². The summed E-state index contributed by atoms with van der Waals surface area (Å²) in [5, 5.41) is 10.5. The van der Waals surface area contributed by atoms with Crippen molar-refractivity contribution in [2.45, 2.75) is 18.9 Å². The lowest BCUT2D eigenvalue weighted by molar-refractivity contribution is 0.151.